The van der Waals surface area contributed by atoms with Gasteiger partial charge in [0.2, 0.25) is 0 Å². The lowest BCUT2D eigenvalue weighted by molar-refractivity contribution is 0.00648. The van der Waals surface area contributed by atoms with Gasteiger partial charge in [0.25, 0.3) is 0 Å². The first kappa shape index (κ1) is 14.8. The van der Waals surface area contributed by atoms with Crippen LogP contribution in [0.15, 0.2) is 18.2 Å². The maximum absolute atomic E-state index is 14.1. The molecule has 1 aromatic rings. The van der Waals surface area contributed by atoms with Gasteiger partial charge in [0.15, 0.2) is 0 Å². The second kappa shape index (κ2) is 5.79. The number of anilines is 1. The zero-order chi connectivity index (χ0) is 14.8. The number of nitrogens with zero attached hydrogens (tertiary/aromatic N) is 1. The first-order valence-electron chi connectivity index (χ1n) is 6.85. The minimum atomic E-state index is -0.624. The van der Waals surface area contributed by atoms with Gasteiger partial charge in [-0.2, -0.15) is 0 Å². The Labute approximate surface area is 118 Å². The molecule has 0 atom stereocenters. The summed E-state index contributed by atoms with van der Waals surface area (Å²) >= 11 is 0. The van der Waals surface area contributed by atoms with Crippen LogP contribution in [-0.4, -0.2) is 37.7 Å². The van der Waals surface area contributed by atoms with E-state index in [-0.39, 0.29) is 5.56 Å². The van der Waals surface area contributed by atoms with Crippen molar-refractivity contribution in [3.8, 4) is 0 Å². The van der Waals surface area contributed by atoms with E-state index in [2.05, 4.69) is 10.2 Å². The van der Waals surface area contributed by atoms with Crippen molar-refractivity contribution in [3.05, 3.63) is 29.6 Å². The first-order valence-corrected chi connectivity index (χ1v) is 6.85. The molecule has 4 nitrogen and oxygen atoms in total. The molecule has 0 radical (unpaired) electrons. The molecule has 1 aromatic carbocycles. The summed E-state index contributed by atoms with van der Waals surface area (Å²) in [5, 5.41) is 3.24. The fourth-order valence-corrected chi connectivity index (χ4v) is 2.12. The molecule has 2 rings (SSSR count). The second-order valence-electron chi connectivity index (χ2n) is 5.90. The van der Waals surface area contributed by atoms with Crippen LogP contribution in [0.5, 0.6) is 0 Å². The number of carbonyl (C=O) groups is 1. The van der Waals surface area contributed by atoms with Crippen LogP contribution in [-0.2, 0) is 4.74 Å². The number of piperazine rings is 1. The SMILES string of the molecule is CC(C)(C)OC(=O)c1ccc(N2CCNCC2)cc1F. The van der Waals surface area contributed by atoms with Gasteiger partial charge in [-0.3, -0.25) is 0 Å². The van der Waals surface area contributed by atoms with Gasteiger partial charge < -0.3 is 15.0 Å². The highest BCUT2D eigenvalue weighted by Gasteiger charge is 2.21. The third-order valence-corrected chi connectivity index (χ3v) is 3.05. The standard InChI is InChI=1S/C15H21FN2O2/c1-15(2,3)20-14(19)12-5-4-11(10-13(12)16)18-8-6-17-7-9-18/h4-5,10,17H,6-9H2,1-3H3. The molecule has 0 saturated carbocycles. The van der Waals surface area contributed by atoms with E-state index in [0.717, 1.165) is 31.9 Å². The van der Waals surface area contributed by atoms with Crippen LogP contribution >= 0.6 is 0 Å². The maximum Gasteiger partial charge on any atom is 0.341 e. The molecule has 1 saturated heterocycles. The number of hydrogen-bond acceptors (Lipinski definition) is 4. The minimum Gasteiger partial charge on any atom is -0.456 e. The summed E-state index contributed by atoms with van der Waals surface area (Å²) in [6.07, 6.45) is 0. The number of esters is 1. The van der Waals surface area contributed by atoms with Crippen molar-refractivity contribution < 1.29 is 13.9 Å². The molecule has 0 bridgehead atoms. The Morgan fingerprint density at radius 1 is 1.30 bits per heavy atom. The van der Waals surface area contributed by atoms with Gasteiger partial charge in [-0.15, -0.1) is 0 Å². The monoisotopic (exact) mass is 280 g/mol. The highest BCUT2D eigenvalue weighted by atomic mass is 19.1. The molecule has 110 valence electrons. The summed E-state index contributed by atoms with van der Waals surface area (Å²) in [5.74, 6) is -1.16. The Bertz CT molecular complexity index is 491. The van der Waals surface area contributed by atoms with Crippen LogP contribution in [0.3, 0.4) is 0 Å². The summed E-state index contributed by atoms with van der Waals surface area (Å²) in [7, 11) is 0. The van der Waals surface area contributed by atoms with Crippen LogP contribution in [0.4, 0.5) is 10.1 Å². The van der Waals surface area contributed by atoms with Crippen LogP contribution in [0.1, 0.15) is 31.1 Å². The van der Waals surface area contributed by atoms with E-state index in [0.29, 0.717) is 0 Å². The molecule has 0 aliphatic carbocycles. The van der Waals surface area contributed by atoms with Crippen molar-refractivity contribution in [2.24, 2.45) is 0 Å². The molecule has 1 fully saturated rings. The van der Waals surface area contributed by atoms with Crippen LogP contribution in [0.25, 0.3) is 0 Å². The number of hydrogen-bond donors (Lipinski definition) is 1. The second-order valence-corrected chi connectivity index (χ2v) is 5.90. The summed E-state index contributed by atoms with van der Waals surface area (Å²) < 4.78 is 19.3. The molecule has 0 spiro atoms. The number of halogens is 1. The number of rotatable bonds is 2. The first-order chi connectivity index (χ1) is 9.37. The average Bonchev–Trinajstić information content (AvgIpc) is 2.37. The van der Waals surface area contributed by atoms with E-state index in [1.54, 1.807) is 26.8 Å². The van der Waals surface area contributed by atoms with Gasteiger partial charge >= 0.3 is 5.97 Å². The molecule has 1 heterocycles. The predicted octanol–water partition coefficient (Wildman–Crippen LogP) is 2.19. The van der Waals surface area contributed by atoms with E-state index >= 15 is 0 Å². The molecular weight excluding hydrogens is 259 g/mol. The molecule has 0 amide bonds. The van der Waals surface area contributed by atoms with E-state index in [1.165, 1.54) is 12.1 Å². The summed E-state index contributed by atoms with van der Waals surface area (Å²) in [6, 6.07) is 4.68. The molecule has 0 unspecified atom stereocenters. The lowest BCUT2D eigenvalue weighted by atomic mass is 10.1. The zero-order valence-corrected chi connectivity index (χ0v) is 12.2. The highest BCUT2D eigenvalue weighted by molar-refractivity contribution is 5.90. The Morgan fingerprint density at radius 2 is 1.95 bits per heavy atom. The van der Waals surface area contributed by atoms with E-state index in [9.17, 15) is 9.18 Å². The van der Waals surface area contributed by atoms with Gasteiger partial charge in [-0.25, -0.2) is 9.18 Å². The molecule has 5 heteroatoms. The largest absolute Gasteiger partial charge is 0.456 e. The van der Waals surface area contributed by atoms with Crippen molar-refractivity contribution >= 4 is 11.7 Å². The van der Waals surface area contributed by atoms with Crippen molar-refractivity contribution in [1.29, 1.82) is 0 Å². The van der Waals surface area contributed by atoms with Crippen LogP contribution in [0, 0.1) is 5.82 Å². The maximum atomic E-state index is 14.1. The van der Waals surface area contributed by atoms with Crippen molar-refractivity contribution in [1.82, 2.24) is 5.32 Å². The van der Waals surface area contributed by atoms with E-state index < -0.39 is 17.4 Å². The minimum absolute atomic E-state index is 0.0150. The van der Waals surface area contributed by atoms with E-state index in [1.807, 2.05) is 0 Å². The van der Waals surface area contributed by atoms with Gasteiger partial charge in [0.05, 0.1) is 5.56 Å². The molecule has 1 aliphatic heterocycles. The normalized spacial score (nSPS) is 16.1. The fourth-order valence-electron chi connectivity index (χ4n) is 2.12. The van der Waals surface area contributed by atoms with Gasteiger partial charge in [0.1, 0.15) is 11.4 Å². The Balaban J connectivity index is 2.15. The lowest BCUT2D eigenvalue weighted by Crippen LogP contribution is -2.43. The third kappa shape index (κ3) is 3.70. The molecule has 1 aliphatic rings. The Kier molecular flexibility index (Phi) is 4.28. The quantitative estimate of drug-likeness (QED) is 0.843. The van der Waals surface area contributed by atoms with Gasteiger partial charge in [-0.1, -0.05) is 0 Å². The number of ether oxygens (including phenoxy) is 1. The topological polar surface area (TPSA) is 41.6 Å². The van der Waals surface area contributed by atoms with Crippen molar-refractivity contribution in [2.45, 2.75) is 26.4 Å². The molecule has 1 N–H and O–H groups in total. The van der Waals surface area contributed by atoms with Crippen molar-refractivity contribution in [3.63, 3.8) is 0 Å². The van der Waals surface area contributed by atoms with Crippen molar-refractivity contribution in [2.75, 3.05) is 31.1 Å². The van der Waals surface area contributed by atoms with Gasteiger partial charge in [-0.05, 0) is 39.0 Å². The highest BCUT2D eigenvalue weighted by Crippen LogP contribution is 2.21. The van der Waals surface area contributed by atoms with Crippen LogP contribution in [0.2, 0.25) is 0 Å². The molecule has 0 aromatic heterocycles. The predicted molar refractivity (Wildman–Crippen MR) is 76.7 cm³/mol. The number of nitrogens with one attached hydrogen (secondary N) is 1. The third-order valence-electron chi connectivity index (χ3n) is 3.05. The van der Waals surface area contributed by atoms with E-state index in [4.69, 9.17) is 4.74 Å². The fraction of sp³-hybridized carbons (Fsp3) is 0.533. The summed E-state index contributed by atoms with van der Waals surface area (Å²) in [6.45, 7) is 8.73. The van der Waals surface area contributed by atoms with Gasteiger partial charge in [0, 0.05) is 31.9 Å². The molecular formula is C15H21FN2O2. The lowest BCUT2D eigenvalue weighted by Gasteiger charge is -2.29. The smallest absolute Gasteiger partial charge is 0.341 e. The summed E-state index contributed by atoms with van der Waals surface area (Å²) in [5.41, 5.74) is 0.163. The summed E-state index contributed by atoms with van der Waals surface area (Å²) in [4.78, 5) is 14.0. The van der Waals surface area contributed by atoms with Crippen LogP contribution < -0.4 is 10.2 Å². The number of benzene rings is 1. The molecule has 20 heavy (non-hydrogen) atoms. The number of carbonyl (C=O) groups excluding carboxylic acids is 1. The Hall–Kier alpha value is -1.62. The Morgan fingerprint density at radius 3 is 2.50 bits per heavy atom. The zero-order valence-electron chi connectivity index (χ0n) is 12.2. The average molecular weight is 280 g/mol.